The molecule has 2 aliphatic rings. The van der Waals surface area contributed by atoms with Crippen molar-refractivity contribution >= 4 is 11.4 Å². The summed E-state index contributed by atoms with van der Waals surface area (Å²) in [5, 5.41) is 10.7. The summed E-state index contributed by atoms with van der Waals surface area (Å²) in [6, 6.07) is 12.9. The van der Waals surface area contributed by atoms with Gasteiger partial charge in [0.25, 0.3) is 0 Å². The number of nitrogen functional groups attached to an aromatic ring is 1. The summed E-state index contributed by atoms with van der Waals surface area (Å²) in [4.78, 5) is 4.94. The van der Waals surface area contributed by atoms with Gasteiger partial charge in [-0.15, -0.1) is 0 Å². The summed E-state index contributed by atoms with van der Waals surface area (Å²) >= 11 is 0. The highest BCUT2D eigenvalue weighted by Gasteiger charge is 2.34. The Labute approximate surface area is 156 Å². The van der Waals surface area contributed by atoms with Gasteiger partial charge in [-0.1, -0.05) is 24.3 Å². The van der Waals surface area contributed by atoms with Crippen LogP contribution in [0, 0.1) is 13.8 Å². The van der Waals surface area contributed by atoms with Crippen LogP contribution in [0.1, 0.15) is 22.3 Å². The Morgan fingerprint density at radius 2 is 1.77 bits per heavy atom. The van der Waals surface area contributed by atoms with Crippen LogP contribution in [0.3, 0.4) is 0 Å². The molecule has 0 saturated carbocycles. The predicted octanol–water partition coefficient (Wildman–Crippen LogP) is 2.54. The summed E-state index contributed by atoms with van der Waals surface area (Å²) in [6.07, 6.45) is 1.26. The van der Waals surface area contributed by atoms with Crippen molar-refractivity contribution in [3.8, 4) is 0 Å². The fourth-order valence-electron chi connectivity index (χ4n) is 4.53. The number of piperazine rings is 1. The number of hydrogen-bond acceptors (Lipinski definition) is 4. The number of hydrogen-bond donors (Lipinski definition) is 2. The minimum absolute atomic E-state index is 0.174. The van der Waals surface area contributed by atoms with E-state index in [4.69, 9.17) is 5.73 Å². The van der Waals surface area contributed by atoms with E-state index in [-0.39, 0.29) is 12.1 Å². The molecule has 1 heterocycles. The van der Waals surface area contributed by atoms with E-state index in [2.05, 4.69) is 47.9 Å². The molecule has 138 valence electrons. The third kappa shape index (κ3) is 3.19. The van der Waals surface area contributed by atoms with Crippen LogP contribution < -0.4 is 10.6 Å². The Morgan fingerprint density at radius 3 is 2.54 bits per heavy atom. The molecule has 1 aliphatic heterocycles. The molecule has 1 aliphatic carbocycles. The predicted molar refractivity (Wildman–Crippen MR) is 108 cm³/mol. The number of benzene rings is 2. The van der Waals surface area contributed by atoms with E-state index in [0.29, 0.717) is 6.42 Å². The average Bonchev–Trinajstić information content (AvgIpc) is 2.64. The molecule has 0 aromatic heterocycles. The lowest BCUT2D eigenvalue weighted by molar-refractivity contribution is 0.0397. The fraction of sp³-hybridized carbons (Fsp3) is 0.455. The number of aliphatic hydroxyl groups is 1. The summed E-state index contributed by atoms with van der Waals surface area (Å²) in [7, 11) is 0. The molecule has 4 rings (SSSR count). The van der Waals surface area contributed by atoms with Crippen molar-refractivity contribution in [3.63, 3.8) is 0 Å². The zero-order valence-corrected chi connectivity index (χ0v) is 15.8. The van der Waals surface area contributed by atoms with Crippen LogP contribution in [0.25, 0.3) is 0 Å². The van der Waals surface area contributed by atoms with Gasteiger partial charge < -0.3 is 15.7 Å². The van der Waals surface area contributed by atoms with E-state index >= 15 is 0 Å². The summed E-state index contributed by atoms with van der Waals surface area (Å²) < 4.78 is 0. The first-order chi connectivity index (χ1) is 12.5. The van der Waals surface area contributed by atoms with E-state index in [1.165, 1.54) is 27.9 Å². The first-order valence-electron chi connectivity index (χ1n) is 9.63. The van der Waals surface area contributed by atoms with Crippen LogP contribution in [0.5, 0.6) is 0 Å². The largest absolute Gasteiger partial charge is 0.398 e. The van der Waals surface area contributed by atoms with Gasteiger partial charge in [-0.2, -0.15) is 0 Å². The monoisotopic (exact) mass is 351 g/mol. The van der Waals surface area contributed by atoms with Gasteiger partial charge in [0.05, 0.1) is 6.10 Å². The van der Waals surface area contributed by atoms with Crippen molar-refractivity contribution in [1.82, 2.24) is 4.90 Å². The second-order valence-corrected chi connectivity index (χ2v) is 7.84. The van der Waals surface area contributed by atoms with Gasteiger partial charge in [0.15, 0.2) is 0 Å². The Morgan fingerprint density at radius 1 is 1.00 bits per heavy atom. The van der Waals surface area contributed by atoms with Gasteiger partial charge >= 0.3 is 0 Å². The molecular formula is C22H29N3O. The van der Waals surface area contributed by atoms with E-state index < -0.39 is 0 Å². The molecule has 0 unspecified atom stereocenters. The topological polar surface area (TPSA) is 52.7 Å². The van der Waals surface area contributed by atoms with Crippen LogP contribution in [0.4, 0.5) is 11.4 Å². The lowest BCUT2D eigenvalue weighted by Crippen LogP contribution is -2.56. The molecule has 0 amide bonds. The Kier molecular flexibility index (Phi) is 4.63. The second kappa shape index (κ2) is 6.93. The van der Waals surface area contributed by atoms with Crippen molar-refractivity contribution < 1.29 is 5.11 Å². The van der Waals surface area contributed by atoms with Gasteiger partial charge in [0.1, 0.15) is 0 Å². The van der Waals surface area contributed by atoms with Crippen LogP contribution >= 0.6 is 0 Å². The molecule has 2 aromatic rings. The number of nitrogens with zero attached hydrogens (tertiary/aromatic N) is 2. The van der Waals surface area contributed by atoms with E-state index in [1.54, 1.807) is 0 Å². The maximum Gasteiger partial charge on any atom is 0.0739 e. The average molecular weight is 351 g/mol. The molecule has 4 heteroatoms. The first-order valence-corrected chi connectivity index (χ1v) is 9.63. The molecule has 1 fully saturated rings. The maximum absolute atomic E-state index is 10.7. The van der Waals surface area contributed by atoms with E-state index in [1.807, 2.05) is 12.1 Å². The highest BCUT2D eigenvalue weighted by molar-refractivity contribution is 5.55. The molecule has 1 saturated heterocycles. The molecule has 2 atom stereocenters. The molecule has 4 nitrogen and oxygen atoms in total. The van der Waals surface area contributed by atoms with Gasteiger partial charge in [-0.25, -0.2) is 0 Å². The zero-order valence-electron chi connectivity index (χ0n) is 15.8. The first kappa shape index (κ1) is 17.4. The highest BCUT2D eigenvalue weighted by Crippen LogP contribution is 2.30. The van der Waals surface area contributed by atoms with Gasteiger partial charge in [-0.05, 0) is 54.7 Å². The SMILES string of the molecule is Cc1ccc(C)c(N2CCN([C@@H]3Cc4c(N)cccc4C[C@H]3O)CC2)c1. The van der Waals surface area contributed by atoms with Crippen molar-refractivity contribution in [3.05, 3.63) is 58.7 Å². The molecule has 0 spiro atoms. The summed E-state index contributed by atoms with van der Waals surface area (Å²) in [5.74, 6) is 0. The standard InChI is InChI=1S/C22H29N3O/c1-15-6-7-16(2)20(12-15)24-8-10-25(11-9-24)21-14-18-17(13-22(21)26)4-3-5-19(18)23/h3-7,12,21-22,26H,8-11,13-14,23H2,1-2H3/t21-,22-/m1/s1. The van der Waals surface area contributed by atoms with Crippen molar-refractivity contribution in [2.24, 2.45) is 0 Å². The minimum Gasteiger partial charge on any atom is -0.398 e. The number of rotatable bonds is 2. The van der Waals surface area contributed by atoms with Crippen molar-refractivity contribution in [1.29, 1.82) is 0 Å². The Balaban J connectivity index is 1.46. The van der Waals surface area contributed by atoms with Crippen LogP contribution in [-0.2, 0) is 12.8 Å². The Hall–Kier alpha value is -2.04. The van der Waals surface area contributed by atoms with Crippen LogP contribution in [0.2, 0.25) is 0 Å². The molecule has 26 heavy (non-hydrogen) atoms. The molecule has 3 N–H and O–H groups in total. The lowest BCUT2D eigenvalue weighted by Gasteiger charge is -2.44. The van der Waals surface area contributed by atoms with Crippen LogP contribution in [0.15, 0.2) is 36.4 Å². The quantitative estimate of drug-likeness (QED) is 0.817. The van der Waals surface area contributed by atoms with Gasteiger partial charge in [0, 0.05) is 50.0 Å². The molecule has 2 aromatic carbocycles. The second-order valence-electron chi connectivity index (χ2n) is 7.84. The van der Waals surface area contributed by atoms with Crippen molar-refractivity contribution in [2.45, 2.75) is 38.8 Å². The third-order valence-corrected chi connectivity index (χ3v) is 6.08. The summed E-state index contributed by atoms with van der Waals surface area (Å²) in [6.45, 7) is 8.31. The highest BCUT2D eigenvalue weighted by atomic mass is 16.3. The molecule has 0 bridgehead atoms. The molecular weight excluding hydrogens is 322 g/mol. The van der Waals surface area contributed by atoms with Gasteiger partial charge in [0.2, 0.25) is 0 Å². The number of anilines is 2. The summed E-state index contributed by atoms with van der Waals surface area (Å²) in [5.41, 5.74) is 13.5. The smallest absolute Gasteiger partial charge is 0.0739 e. The van der Waals surface area contributed by atoms with E-state index in [9.17, 15) is 5.11 Å². The van der Waals surface area contributed by atoms with Crippen molar-refractivity contribution in [2.75, 3.05) is 36.8 Å². The fourth-order valence-corrected chi connectivity index (χ4v) is 4.53. The maximum atomic E-state index is 10.7. The normalized spacial score (nSPS) is 23.7. The lowest BCUT2D eigenvalue weighted by atomic mass is 9.84. The Bertz CT molecular complexity index is 796. The van der Waals surface area contributed by atoms with Gasteiger partial charge in [-0.3, -0.25) is 4.90 Å². The number of fused-ring (bicyclic) bond motifs is 1. The van der Waals surface area contributed by atoms with Crippen LogP contribution in [-0.4, -0.2) is 48.3 Å². The molecule has 0 radical (unpaired) electrons. The number of aliphatic hydroxyl groups excluding tert-OH is 1. The zero-order chi connectivity index (χ0) is 18.3. The van der Waals surface area contributed by atoms with E-state index in [0.717, 1.165) is 38.3 Å². The third-order valence-electron chi connectivity index (χ3n) is 6.08. The number of nitrogens with two attached hydrogens (primary N) is 1. The number of aryl methyl sites for hydroxylation is 2. The minimum atomic E-state index is -0.309.